The zero-order valence-electron chi connectivity index (χ0n) is 30.8. The van der Waals surface area contributed by atoms with E-state index in [0.717, 1.165) is 55.8 Å². The maximum Gasteiger partial charge on any atom is 0.332 e. The summed E-state index contributed by atoms with van der Waals surface area (Å²) in [5.74, 6) is 0.688. The van der Waals surface area contributed by atoms with E-state index in [1.165, 1.54) is 16.8 Å². The number of aromatic amines is 1. The molecule has 270 valence electrons. The average Bonchev–Trinajstić information content (AvgIpc) is 2.94. The topological polar surface area (TPSA) is 151 Å². The van der Waals surface area contributed by atoms with E-state index in [-0.39, 0.29) is 18.6 Å². The van der Waals surface area contributed by atoms with Crippen molar-refractivity contribution in [1.29, 1.82) is 0 Å². The molecule has 0 amide bonds. The second-order valence-corrected chi connectivity index (χ2v) is 16.7. The van der Waals surface area contributed by atoms with Gasteiger partial charge in [-0.1, -0.05) is 39.0 Å². The number of hydrogen-bond donors (Lipinski definition) is 4. The zero-order valence-corrected chi connectivity index (χ0v) is 31.6. The van der Waals surface area contributed by atoms with Crippen LogP contribution in [0.2, 0.25) is 0 Å². The van der Waals surface area contributed by atoms with Crippen molar-refractivity contribution in [3.63, 3.8) is 0 Å². The highest BCUT2D eigenvalue weighted by Gasteiger charge is 2.24. The molecule has 0 saturated carbocycles. The van der Waals surface area contributed by atoms with Gasteiger partial charge in [-0.25, -0.2) is 13.2 Å². The summed E-state index contributed by atoms with van der Waals surface area (Å²) in [7, 11) is 10.5. The Morgan fingerprint density at radius 3 is 1.84 bits per heavy atom. The van der Waals surface area contributed by atoms with Crippen molar-refractivity contribution in [3.8, 4) is 22.6 Å². The summed E-state index contributed by atoms with van der Waals surface area (Å²) in [6.45, 7) is 8.41. The van der Waals surface area contributed by atoms with Crippen LogP contribution in [0.1, 0.15) is 26.3 Å². The first-order chi connectivity index (χ1) is 22.5. The maximum atomic E-state index is 12.5. The molecule has 0 atom stereocenters. The van der Waals surface area contributed by atoms with Gasteiger partial charge in [-0.15, -0.1) is 0 Å². The molecular weight excluding hydrogens is 646 g/mol. The molecule has 4 rings (SSSR count). The highest BCUT2D eigenvalue weighted by Crippen LogP contribution is 2.41. The third-order valence-electron chi connectivity index (χ3n) is 7.18. The molecule has 0 aliphatic carbocycles. The van der Waals surface area contributed by atoms with Crippen molar-refractivity contribution in [2.75, 3.05) is 86.7 Å². The van der Waals surface area contributed by atoms with Gasteiger partial charge in [-0.2, -0.15) is 0 Å². The van der Waals surface area contributed by atoms with Crippen LogP contribution < -0.4 is 20.7 Å². The Balaban J connectivity index is 0.000000500. The Morgan fingerprint density at radius 2 is 1.39 bits per heavy atom. The van der Waals surface area contributed by atoms with E-state index in [0.29, 0.717) is 17.1 Å². The minimum atomic E-state index is -3.38. The second-order valence-electron chi connectivity index (χ2n) is 14.9. The number of hydrogen-bond acceptors (Lipinski definition) is 7. The van der Waals surface area contributed by atoms with Gasteiger partial charge in [0.25, 0.3) is 5.56 Å². The van der Waals surface area contributed by atoms with Crippen molar-refractivity contribution in [1.82, 2.24) is 9.55 Å². The van der Waals surface area contributed by atoms with Crippen LogP contribution >= 0.6 is 0 Å². The summed E-state index contributed by atoms with van der Waals surface area (Å²) < 4.78 is 34.6. The first kappa shape index (κ1) is 41.2. The van der Waals surface area contributed by atoms with Crippen LogP contribution in [-0.4, -0.2) is 119 Å². The summed E-state index contributed by atoms with van der Waals surface area (Å²) in [6.07, 6.45) is 2.57. The molecule has 1 aromatic heterocycles. The number of sulfonamides is 1. The van der Waals surface area contributed by atoms with Crippen molar-refractivity contribution < 1.29 is 32.3 Å². The number of quaternary nitrogens is 2. The number of fused-ring (bicyclic) bond motifs is 1. The van der Waals surface area contributed by atoms with Crippen LogP contribution in [0.15, 0.2) is 70.4 Å². The summed E-state index contributed by atoms with van der Waals surface area (Å²) in [5, 5.41) is 18.5. The average molecular weight is 702 g/mol. The molecule has 3 aromatic carbocycles. The van der Waals surface area contributed by atoms with E-state index >= 15 is 0 Å². The van der Waals surface area contributed by atoms with Crippen molar-refractivity contribution >= 4 is 26.5 Å². The Labute approximate surface area is 290 Å². The van der Waals surface area contributed by atoms with Gasteiger partial charge < -0.3 is 23.9 Å². The first-order valence-electron chi connectivity index (χ1n) is 15.9. The maximum absolute atomic E-state index is 12.5. The number of aliphatic hydroxyl groups is 2. The molecule has 12 nitrogen and oxygen atoms in total. The van der Waals surface area contributed by atoms with Crippen LogP contribution in [0.5, 0.6) is 5.75 Å². The quantitative estimate of drug-likeness (QED) is 0.196. The molecule has 4 aromatic rings. The number of likely N-dealkylation sites (N-methyl/N-ethyl adjacent to an activating group) is 2. The van der Waals surface area contributed by atoms with Gasteiger partial charge in [-0.05, 0) is 52.1 Å². The van der Waals surface area contributed by atoms with Gasteiger partial charge in [0.05, 0.1) is 74.6 Å². The SMILES string of the molecule is COc1c(-c2ccc3cc(NS(C)(=O)=O)ccc3c2)cc(-n2ccc(=O)[nH]c2=O)cc1C(C)(C)C.C[N+](C)(C)CCO.C[N+](C)(C)CCO. The third kappa shape index (κ3) is 13.4. The standard InChI is InChI=1S/C26H27N3O5S.2C5H14NO/c1-26(2,3)22-15-20(29-11-10-23(30)27-25(29)31)14-21(24(22)34-4)18-7-6-17-13-19(28-35(5,32)33)9-8-16(17)12-18;2*1-6(2,3)4-5-7/h6-15,28H,1-5H3,(H,27,30,31);2*7H,4-5H2,1-3H3/q;2*+1. The number of nitrogens with one attached hydrogen (secondary N) is 2. The Hall–Kier alpha value is -4.01. The fraction of sp³-hybridized carbons (Fsp3) is 0.444. The first-order valence-corrected chi connectivity index (χ1v) is 17.8. The fourth-order valence-corrected chi connectivity index (χ4v) is 5.21. The molecule has 0 spiro atoms. The number of nitrogens with zero attached hydrogens (tertiary/aromatic N) is 3. The summed E-state index contributed by atoms with van der Waals surface area (Å²) in [4.78, 5) is 26.4. The van der Waals surface area contributed by atoms with E-state index < -0.39 is 21.3 Å². The molecule has 0 saturated heterocycles. The van der Waals surface area contributed by atoms with E-state index in [1.807, 2.05) is 36.4 Å². The van der Waals surface area contributed by atoms with Gasteiger partial charge >= 0.3 is 5.69 Å². The summed E-state index contributed by atoms with van der Waals surface area (Å²) >= 11 is 0. The Morgan fingerprint density at radius 1 is 0.837 bits per heavy atom. The predicted molar refractivity (Wildman–Crippen MR) is 199 cm³/mol. The highest BCUT2D eigenvalue weighted by molar-refractivity contribution is 7.92. The zero-order chi connectivity index (χ0) is 37.4. The van der Waals surface area contributed by atoms with Gasteiger partial charge in [0.15, 0.2) is 0 Å². The second kappa shape index (κ2) is 16.6. The molecule has 49 heavy (non-hydrogen) atoms. The van der Waals surface area contributed by atoms with Gasteiger partial charge in [0, 0.05) is 29.1 Å². The van der Waals surface area contributed by atoms with Gasteiger partial charge in [-0.3, -0.25) is 19.1 Å². The molecular formula is C36H55N5O7S+2. The summed E-state index contributed by atoms with van der Waals surface area (Å²) in [5.41, 5.74) is 2.34. The fourth-order valence-electron chi connectivity index (χ4n) is 4.66. The lowest BCUT2D eigenvalue weighted by molar-refractivity contribution is -0.870. The lowest BCUT2D eigenvalue weighted by Crippen LogP contribution is -2.36. The predicted octanol–water partition coefficient (Wildman–Crippen LogP) is 3.39. The molecule has 0 fully saturated rings. The molecule has 0 unspecified atom stereocenters. The van der Waals surface area contributed by atoms with E-state index in [4.69, 9.17) is 14.9 Å². The smallest absolute Gasteiger partial charge is 0.332 e. The van der Waals surface area contributed by atoms with E-state index in [9.17, 15) is 18.0 Å². The minimum Gasteiger partial charge on any atom is -0.496 e. The number of rotatable bonds is 9. The molecule has 0 bridgehead atoms. The normalized spacial score (nSPS) is 12.0. The van der Waals surface area contributed by atoms with E-state index in [2.05, 4.69) is 72.8 Å². The number of H-pyrrole nitrogens is 1. The highest BCUT2D eigenvalue weighted by atomic mass is 32.2. The van der Waals surface area contributed by atoms with Gasteiger partial charge in [0.1, 0.15) is 18.8 Å². The number of anilines is 1. The Bertz CT molecular complexity index is 1920. The lowest BCUT2D eigenvalue weighted by atomic mass is 9.83. The molecule has 0 aliphatic rings. The molecule has 4 N–H and O–H groups in total. The number of benzene rings is 3. The van der Waals surface area contributed by atoms with Crippen LogP contribution in [-0.2, 0) is 15.4 Å². The Kier molecular flexibility index (Phi) is 13.9. The largest absolute Gasteiger partial charge is 0.496 e. The van der Waals surface area contributed by atoms with Crippen LogP contribution in [0.25, 0.3) is 27.6 Å². The number of aromatic nitrogens is 2. The molecule has 0 aliphatic heterocycles. The van der Waals surface area contributed by atoms with Crippen molar-refractivity contribution in [2.45, 2.75) is 26.2 Å². The summed E-state index contributed by atoms with van der Waals surface area (Å²) in [6, 6.07) is 16.2. The number of aliphatic hydroxyl groups excluding tert-OH is 2. The minimum absolute atomic E-state index is 0.281. The van der Waals surface area contributed by atoms with Crippen molar-refractivity contribution in [3.05, 3.63) is 87.2 Å². The molecule has 13 heteroatoms. The van der Waals surface area contributed by atoms with Crippen LogP contribution in [0.3, 0.4) is 0 Å². The van der Waals surface area contributed by atoms with Crippen LogP contribution in [0.4, 0.5) is 5.69 Å². The van der Waals surface area contributed by atoms with E-state index in [1.54, 1.807) is 19.2 Å². The number of methoxy groups -OCH3 is 1. The molecule has 1 heterocycles. The monoisotopic (exact) mass is 701 g/mol. The van der Waals surface area contributed by atoms with Gasteiger partial charge in [0.2, 0.25) is 10.0 Å². The lowest BCUT2D eigenvalue weighted by Gasteiger charge is -2.25. The van der Waals surface area contributed by atoms with Crippen LogP contribution in [0, 0.1) is 0 Å². The molecule has 0 radical (unpaired) electrons. The van der Waals surface area contributed by atoms with Crippen molar-refractivity contribution in [2.24, 2.45) is 0 Å². The number of ether oxygens (including phenoxy) is 1. The third-order valence-corrected chi connectivity index (χ3v) is 7.79.